The quantitative estimate of drug-likeness (QED) is 0.638. The Morgan fingerprint density at radius 3 is 1.78 bits per heavy atom. The summed E-state index contributed by atoms with van der Waals surface area (Å²) in [7, 11) is -3.87. The molecule has 1 fully saturated rings. The summed E-state index contributed by atoms with van der Waals surface area (Å²) in [5.41, 5.74) is -6.07. The smallest absolute Gasteiger partial charge is 0.369 e. The zero-order valence-corrected chi connectivity index (χ0v) is 17.7. The van der Waals surface area contributed by atoms with Crippen LogP contribution in [0.4, 0.5) is 32.0 Å². The molecule has 0 saturated carbocycles. The van der Waals surface area contributed by atoms with E-state index in [-0.39, 0.29) is 41.8 Å². The molecule has 176 valence electrons. The van der Waals surface area contributed by atoms with E-state index >= 15 is 0 Å². The molecule has 1 aliphatic heterocycles. The first kappa shape index (κ1) is 24.6. The maximum atomic E-state index is 13.0. The number of halogens is 7. The van der Waals surface area contributed by atoms with Crippen LogP contribution in [0, 0.1) is 0 Å². The first-order chi connectivity index (χ1) is 14.7. The lowest BCUT2D eigenvalue weighted by Crippen LogP contribution is -2.54. The Morgan fingerprint density at radius 2 is 1.31 bits per heavy atom. The monoisotopic (exact) mass is 502 g/mol. The predicted octanol–water partition coefficient (Wildman–Crippen LogP) is 4.16. The van der Waals surface area contributed by atoms with Crippen molar-refractivity contribution in [3.8, 4) is 0 Å². The summed E-state index contributed by atoms with van der Waals surface area (Å²) in [6, 6.07) is 9.08. The van der Waals surface area contributed by atoms with Gasteiger partial charge in [0.25, 0.3) is 5.60 Å². The molecule has 0 spiro atoms. The average Bonchev–Trinajstić information content (AvgIpc) is 2.72. The number of rotatable bonds is 4. The molecule has 1 aliphatic rings. The fraction of sp³-hybridized carbons (Fsp3) is 0.368. The Hall–Kier alpha value is -2.02. The second-order valence-electron chi connectivity index (χ2n) is 7.07. The highest BCUT2D eigenvalue weighted by atomic mass is 35.5. The maximum Gasteiger partial charge on any atom is 0.430 e. The fourth-order valence-electron chi connectivity index (χ4n) is 3.38. The van der Waals surface area contributed by atoms with E-state index in [4.69, 9.17) is 11.6 Å². The Morgan fingerprint density at radius 1 is 0.812 bits per heavy atom. The van der Waals surface area contributed by atoms with Crippen molar-refractivity contribution in [1.82, 2.24) is 4.31 Å². The molecule has 3 rings (SSSR count). The molecule has 0 radical (unpaired) electrons. The molecular formula is C19H17ClF6N2O3S. The lowest BCUT2D eigenvalue weighted by molar-refractivity contribution is -0.376. The summed E-state index contributed by atoms with van der Waals surface area (Å²) < 4.78 is 105. The van der Waals surface area contributed by atoms with Gasteiger partial charge in [-0.2, -0.15) is 30.6 Å². The van der Waals surface area contributed by atoms with Gasteiger partial charge in [-0.05, 0) is 24.3 Å². The van der Waals surface area contributed by atoms with Gasteiger partial charge >= 0.3 is 12.4 Å². The van der Waals surface area contributed by atoms with Gasteiger partial charge in [-0.15, -0.1) is 0 Å². The van der Waals surface area contributed by atoms with Gasteiger partial charge < -0.3 is 10.0 Å². The van der Waals surface area contributed by atoms with Crippen LogP contribution in [0.2, 0.25) is 5.02 Å². The van der Waals surface area contributed by atoms with E-state index in [0.717, 1.165) is 12.1 Å². The first-order valence-electron chi connectivity index (χ1n) is 9.15. The molecule has 1 heterocycles. The summed E-state index contributed by atoms with van der Waals surface area (Å²) in [6.07, 6.45) is -11.9. The minimum Gasteiger partial charge on any atom is -0.369 e. The van der Waals surface area contributed by atoms with E-state index in [1.165, 1.54) is 22.5 Å². The van der Waals surface area contributed by atoms with Crippen molar-refractivity contribution in [3.63, 3.8) is 0 Å². The molecule has 1 saturated heterocycles. The largest absolute Gasteiger partial charge is 0.430 e. The second-order valence-corrected chi connectivity index (χ2v) is 9.39. The van der Waals surface area contributed by atoms with Crippen LogP contribution in [0.1, 0.15) is 5.56 Å². The van der Waals surface area contributed by atoms with Crippen LogP contribution in [0.25, 0.3) is 0 Å². The maximum absolute atomic E-state index is 13.0. The third-order valence-corrected chi connectivity index (χ3v) is 7.56. The van der Waals surface area contributed by atoms with E-state index in [0.29, 0.717) is 12.1 Å². The van der Waals surface area contributed by atoms with Crippen LogP contribution >= 0.6 is 11.6 Å². The predicted molar refractivity (Wildman–Crippen MR) is 105 cm³/mol. The Labute approximate surface area is 184 Å². The Balaban J connectivity index is 1.77. The zero-order chi connectivity index (χ0) is 23.9. The third kappa shape index (κ3) is 4.28. The fourth-order valence-corrected chi connectivity index (χ4v) is 5.30. The van der Waals surface area contributed by atoms with Crippen molar-refractivity contribution in [2.45, 2.75) is 22.8 Å². The number of hydrogen-bond acceptors (Lipinski definition) is 4. The summed E-state index contributed by atoms with van der Waals surface area (Å²) >= 11 is 5.97. The molecule has 2 aromatic carbocycles. The lowest BCUT2D eigenvalue weighted by atomic mass is 9.92. The van der Waals surface area contributed by atoms with Crippen LogP contribution in [-0.4, -0.2) is 56.4 Å². The third-order valence-electron chi connectivity index (χ3n) is 5.16. The van der Waals surface area contributed by atoms with Gasteiger partial charge in [0.2, 0.25) is 10.0 Å². The molecule has 0 aromatic heterocycles. The van der Waals surface area contributed by atoms with Crippen LogP contribution < -0.4 is 4.90 Å². The van der Waals surface area contributed by atoms with Gasteiger partial charge in [-0.1, -0.05) is 35.9 Å². The van der Waals surface area contributed by atoms with Gasteiger partial charge in [0.1, 0.15) is 4.90 Å². The van der Waals surface area contributed by atoms with Crippen LogP contribution in [0.3, 0.4) is 0 Å². The van der Waals surface area contributed by atoms with Crippen molar-refractivity contribution < 1.29 is 39.9 Å². The number of alkyl halides is 6. The van der Waals surface area contributed by atoms with Crippen molar-refractivity contribution in [2.75, 3.05) is 31.1 Å². The topological polar surface area (TPSA) is 60.9 Å². The first-order valence-corrected chi connectivity index (χ1v) is 11.0. The number of hydrogen-bond donors (Lipinski definition) is 1. The van der Waals surface area contributed by atoms with Crippen LogP contribution in [0.15, 0.2) is 53.4 Å². The zero-order valence-electron chi connectivity index (χ0n) is 16.2. The standard InChI is InChI=1S/C19H17ClF6N2O3S/c20-15-3-1-2-4-16(15)32(30,31)28-11-9-27(10-12-28)14-7-5-13(6-8-14)17(29,18(21,22)23)19(24,25)26/h1-8,29H,9-12H2. The molecule has 0 amide bonds. The summed E-state index contributed by atoms with van der Waals surface area (Å²) in [4.78, 5) is 1.56. The SMILES string of the molecule is O=S(=O)(c1ccccc1Cl)N1CCN(c2ccc(C(O)(C(F)(F)F)C(F)(F)F)cc2)CC1. The summed E-state index contributed by atoms with van der Waals surface area (Å²) in [5.74, 6) is 0. The second kappa shape index (κ2) is 8.40. The van der Waals surface area contributed by atoms with Crippen molar-refractivity contribution in [3.05, 3.63) is 59.1 Å². The Bertz CT molecular complexity index is 1050. The molecule has 2 aromatic rings. The van der Waals surface area contributed by atoms with Gasteiger partial charge in [-0.25, -0.2) is 8.42 Å². The van der Waals surface area contributed by atoms with Gasteiger partial charge in [0.15, 0.2) is 0 Å². The van der Waals surface area contributed by atoms with Crippen molar-refractivity contribution in [2.24, 2.45) is 0 Å². The van der Waals surface area contributed by atoms with E-state index in [9.17, 15) is 39.9 Å². The van der Waals surface area contributed by atoms with Gasteiger partial charge in [0.05, 0.1) is 5.02 Å². The minimum atomic E-state index is -5.97. The number of benzene rings is 2. The summed E-state index contributed by atoms with van der Waals surface area (Å²) in [6.45, 7) is 0.354. The normalized spacial score (nSPS) is 16.9. The van der Waals surface area contributed by atoms with Gasteiger partial charge in [0, 0.05) is 37.4 Å². The van der Waals surface area contributed by atoms with Crippen LogP contribution in [-0.2, 0) is 15.6 Å². The molecule has 0 bridgehead atoms. The molecule has 1 N–H and O–H groups in total. The average molecular weight is 503 g/mol. The van der Waals surface area contributed by atoms with E-state index in [1.54, 1.807) is 11.0 Å². The number of anilines is 1. The van der Waals surface area contributed by atoms with E-state index in [1.807, 2.05) is 0 Å². The highest BCUT2D eigenvalue weighted by Crippen LogP contribution is 2.50. The number of aliphatic hydroxyl groups is 1. The van der Waals surface area contributed by atoms with E-state index in [2.05, 4.69) is 0 Å². The highest BCUT2D eigenvalue weighted by Gasteiger charge is 2.71. The molecule has 32 heavy (non-hydrogen) atoms. The number of piperazine rings is 1. The highest BCUT2D eigenvalue weighted by molar-refractivity contribution is 7.89. The number of nitrogens with zero attached hydrogens (tertiary/aromatic N) is 2. The molecule has 0 aliphatic carbocycles. The molecule has 0 unspecified atom stereocenters. The van der Waals surface area contributed by atoms with Crippen molar-refractivity contribution >= 4 is 27.3 Å². The van der Waals surface area contributed by atoms with Crippen molar-refractivity contribution in [1.29, 1.82) is 0 Å². The minimum absolute atomic E-state index is 0.0321. The summed E-state index contributed by atoms with van der Waals surface area (Å²) in [5, 5.41) is 9.53. The molecule has 5 nitrogen and oxygen atoms in total. The Kier molecular flexibility index (Phi) is 6.46. The molecule has 0 atom stereocenters. The molecule has 13 heteroatoms. The molecular weight excluding hydrogens is 486 g/mol. The van der Waals surface area contributed by atoms with E-state index < -0.39 is 33.5 Å². The lowest BCUT2D eigenvalue weighted by Gasteiger charge is -2.36. The van der Waals surface area contributed by atoms with Gasteiger partial charge in [-0.3, -0.25) is 0 Å². The number of sulfonamides is 1. The van der Waals surface area contributed by atoms with Crippen LogP contribution in [0.5, 0.6) is 0 Å².